The quantitative estimate of drug-likeness (QED) is 0.461. The summed E-state index contributed by atoms with van der Waals surface area (Å²) in [5.74, 6) is -0.326. The molecular formula is C12H14BrN5O5. The van der Waals surface area contributed by atoms with Crippen LogP contribution in [0.5, 0.6) is 0 Å². The van der Waals surface area contributed by atoms with Crippen molar-refractivity contribution in [2.75, 3.05) is 12.3 Å². The van der Waals surface area contributed by atoms with Crippen LogP contribution >= 0.6 is 15.9 Å². The van der Waals surface area contributed by atoms with E-state index in [2.05, 4.69) is 30.9 Å². The predicted molar refractivity (Wildman–Crippen MR) is 80.0 cm³/mol. The maximum atomic E-state index is 10.9. The molecule has 1 fully saturated rings. The van der Waals surface area contributed by atoms with Crippen molar-refractivity contribution in [3.63, 3.8) is 0 Å². The number of nitrogens with two attached hydrogens (primary N) is 1. The predicted octanol–water partition coefficient (Wildman–Crippen LogP) is -0.647. The normalized spacial score (nSPS) is 27.5. The van der Waals surface area contributed by atoms with Crippen molar-refractivity contribution in [2.24, 2.45) is 0 Å². The minimum Gasteiger partial charge on any atom is -0.463 e. The topological polar surface area (TPSA) is 146 Å². The molecule has 23 heavy (non-hydrogen) atoms. The molecule has 0 saturated carbocycles. The number of aliphatic hydroxyl groups is 2. The van der Waals surface area contributed by atoms with Crippen LogP contribution in [-0.2, 0) is 14.3 Å². The summed E-state index contributed by atoms with van der Waals surface area (Å²) in [6, 6.07) is 0. The fraction of sp³-hybridized carbons (Fsp3) is 0.500. The van der Waals surface area contributed by atoms with Gasteiger partial charge in [0, 0.05) is 6.92 Å². The minimum absolute atomic E-state index is 0.175. The van der Waals surface area contributed by atoms with Crippen LogP contribution in [0.25, 0.3) is 11.2 Å². The Balaban J connectivity index is 1.94. The van der Waals surface area contributed by atoms with E-state index >= 15 is 0 Å². The number of aliphatic hydroxyl groups excluding tert-OH is 2. The van der Waals surface area contributed by atoms with E-state index in [1.807, 2.05) is 0 Å². The summed E-state index contributed by atoms with van der Waals surface area (Å²) in [4.78, 5) is 23.0. The third-order valence-corrected chi connectivity index (χ3v) is 4.06. The Hall–Kier alpha value is -1.82. The van der Waals surface area contributed by atoms with Gasteiger partial charge in [0.1, 0.15) is 31.2 Å². The second-order valence-electron chi connectivity index (χ2n) is 5.03. The number of esters is 1. The van der Waals surface area contributed by atoms with Gasteiger partial charge in [-0.05, 0) is 15.9 Å². The molecule has 11 heteroatoms. The number of hydrogen-bond acceptors (Lipinski definition) is 9. The molecule has 124 valence electrons. The average Bonchev–Trinajstić information content (AvgIpc) is 2.96. The van der Waals surface area contributed by atoms with Gasteiger partial charge in [0.25, 0.3) is 0 Å². The zero-order valence-electron chi connectivity index (χ0n) is 12.0. The Morgan fingerprint density at radius 2 is 2.22 bits per heavy atom. The fourth-order valence-electron chi connectivity index (χ4n) is 2.40. The van der Waals surface area contributed by atoms with Gasteiger partial charge >= 0.3 is 5.97 Å². The van der Waals surface area contributed by atoms with E-state index in [9.17, 15) is 15.0 Å². The molecule has 0 amide bonds. The van der Waals surface area contributed by atoms with Gasteiger partial charge in [0.2, 0.25) is 0 Å². The van der Waals surface area contributed by atoms with E-state index in [-0.39, 0.29) is 12.4 Å². The lowest BCUT2D eigenvalue weighted by atomic mass is 10.1. The Labute approximate surface area is 138 Å². The molecule has 0 aromatic carbocycles. The maximum absolute atomic E-state index is 10.9. The molecule has 0 bridgehead atoms. The van der Waals surface area contributed by atoms with Crippen LogP contribution < -0.4 is 5.73 Å². The van der Waals surface area contributed by atoms with Gasteiger partial charge in [0.15, 0.2) is 27.9 Å². The van der Waals surface area contributed by atoms with Crippen LogP contribution in [0.2, 0.25) is 0 Å². The number of carbonyl (C=O) groups is 1. The first-order chi connectivity index (χ1) is 10.9. The van der Waals surface area contributed by atoms with E-state index < -0.39 is 30.5 Å². The summed E-state index contributed by atoms with van der Waals surface area (Å²) in [5, 5.41) is 20.3. The van der Waals surface area contributed by atoms with Gasteiger partial charge in [-0.15, -0.1) is 0 Å². The number of hydrogen-bond donors (Lipinski definition) is 3. The molecule has 1 saturated heterocycles. The lowest BCUT2D eigenvalue weighted by Gasteiger charge is -2.17. The highest BCUT2D eigenvalue weighted by Gasteiger charge is 2.45. The molecule has 1 aliphatic heterocycles. The fourth-order valence-corrected chi connectivity index (χ4v) is 2.95. The molecule has 1 aliphatic rings. The molecule has 0 radical (unpaired) electrons. The lowest BCUT2D eigenvalue weighted by molar-refractivity contribution is -0.147. The third kappa shape index (κ3) is 2.76. The summed E-state index contributed by atoms with van der Waals surface area (Å²) in [6.07, 6.45) is -3.08. The molecule has 0 spiro atoms. The van der Waals surface area contributed by atoms with Crippen molar-refractivity contribution in [3.8, 4) is 0 Å². The highest BCUT2D eigenvalue weighted by atomic mass is 79.9. The van der Waals surface area contributed by atoms with Gasteiger partial charge in [0.05, 0.1) is 0 Å². The summed E-state index contributed by atoms with van der Waals surface area (Å²) in [5.41, 5.74) is 6.43. The van der Waals surface area contributed by atoms with Gasteiger partial charge in [-0.2, -0.15) is 0 Å². The smallest absolute Gasteiger partial charge is 0.302 e. The van der Waals surface area contributed by atoms with Crippen LogP contribution in [0.4, 0.5) is 5.82 Å². The summed E-state index contributed by atoms with van der Waals surface area (Å²) < 4.78 is 12.2. The van der Waals surface area contributed by atoms with Crippen LogP contribution in [0, 0.1) is 0 Å². The second kappa shape index (κ2) is 6.00. The van der Waals surface area contributed by atoms with E-state index in [0.29, 0.717) is 15.9 Å². The number of ether oxygens (including phenoxy) is 2. The molecule has 2 aromatic heterocycles. The largest absolute Gasteiger partial charge is 0.463 e. The van der Waals surface area contributed by atoms with Crippen molar-refractivity contribution in [1.82, 2.24) is 19.5 Å². The van der Waals surface area contributed by atoms with Crippen LogP contribution in [0.3, 0.4) is 0 Å². The van der Waals surface area contributed by atoms with Gasteiger partial charge in [-0.1, -0.05) is 0 Å². The zero-order valence-corrected chi connectivity index (χ0v) is 13.5. The van der Waals surface area contributed by atoms with Gasteiger partial charge in [-0.3, -0.25) is 9.36 Å². The molecule has 0 unspecified atom stereocenters. The van der Waals surface area contributed by atoms with Crippen molar-refractivity contribution in [2.45, 2.75) is 31.5 Å². The molecule has 0 aliphatic carbocycles. The third-order valence-electron chi connectivity index (χ3n) is 3.50. The van der Waals surface area contributed by atoms with Crippen LogP contribution in [0.15, 0.2) is 11.1 Å². The Morgan fingerprint density at radius 1 is 1.48 bits per heavy atom. The van der Waals surface area contributed by atoms with Crippen LogP contribution in [0.1, 0.15) is 13.2 Å². The molecule has 4 atom stereocenters. The monoisotopic (exact) mass is 387 g/mol. The number of halogens is 1. The lowest BCUT2D eigenvalue weighted by Crippen LogP contribution is -2.34. The number of fused-ring (bicyclic) bond motifs is 1. The van der Waals surface area contributed by atoms with E-state index in [4.69, 9.17) is 15.2 Å². The number of anilines is 1. The zero-order chi connectivity index (χ0) is 16.7. The first kappa shape index (κ1) is 16.1. The van der Waals surface area contributed by atoms with Crippen LogP contribution in [-0.4, -0.2) is 60.6 Å². The number of imidazole rings is 1. The molecule has 10 nitrogen and oxygen atoms in total. The number of carbonyl (C=O) groups excluding carboxylic acids is 1. The van der Waals surface area contributed by atoms with E-state index in [1.165, 1.54) is 17.8 Å². The molecule has 3 rings (SSSR count). The van der Waals surface area contributed by atoms with E-state index in [0.717, 1.165) is 0 Å². The minimum atomic E-state index is -1.26. The highest BCUT2D eigenvalue weighted by Crippen LogP contribution is 2.35. The Bertz CT molecular complexity index is 753. The Kier molecular flexibility index (Phi) is 4.19. The van der Waals surface area contributed by atoms with Gasteiger partial charge in [-0.25, -0.2) is 15.0 Å². The summed E-state index contributed by atoms with van der Waals surface area (Å²) in [6.45, 7) is 1.07. The standard InChI is InChI=1S/C12H14BrN5O5/c1-4(19)22-2-5-7(20)8(21)11(23-5)18-10-6(17-12(18)13)9(14)15-3-16-10/h3,5,7-8,11,20-21H,2H2,1H3,(H2,14,15,16)/t5-,7+,8-,11+/m0/s1. The van der Waals surface area contributed by atoms with Crippen molar-refractivity contribution < 1.29 is 24.5 Å². The summed E-state index contributed by atoms with van der Waals surface area (Å²) >= 11 is 3.25. The number of nitrogens with zero attached hydrogens (tertiary/aromatic N) is 4. The average molecular weight is 388 g/mol. The number of rotatable bonds is 3. The van der Waals surface area contributed by atoms with E-state index in [1.54, 1.807) is 0 Å². The molecule has 2 aromatic rings. The SMILES string of the molecule is CC(=O)OC[C@@H]1O[C@@H](n2c(Br)nc3c(N)ncnc32)[C@@H](O)[C@@H]1O. The number of nitrogen functional groups attached to an aromatic ring is 1. The second-order valence-corrected chi connectivity index (χ2v) is 5.74. The van der Waals surface area contributed by atoms with Crippen molar-refractivity contribution >= 4 is 38.9 Å². The molecule has 4 N–H and O–H groups in total. The first-order valence-corrected chi connectivity index (χ1v) is 7.48. The molecule has 3 heterocycles. The Morgan fingerprint density at radius 3 is 2.91 bits per heavy atom. The molecular weight excluding hydrogens is 374 g/mol. The maximum Gasteiger partial charge on any atom is 0.302 e. The van der Waals surface area contributed by atoms with Crippen molar-refractivity contribution in [3.05, 3.63) is 11.1 Å². The van der Waals surface area contributed by atoms with Gasteiger partial charge < -0.3 is 25.4 Å². The highest BCUT2D eigenvalue weighted by molar-refractivity contribution is 9.10. The van der Waals surface area contributed by atoms with Crippen molar-refractivity contribution in [1.29, 1.82) is 0 Å². The number of aromatic nitrogens is 4. The first-order valence-electron chi connectivity index (χ1n) is 6.69. The summed E-state index contributed by atoms with van der Waals surface area (Å²) in [7, 11) is 0.